The average molecular weight is 294 g/mol. The van der Waals surface area contributed by atoms with Crippen LogP contribution < -0.4 is 0 Å². The van der Waals surface area contributed by atoms with Crippen LogP contribution in [0.3, 0.4) is 0 Å². The number of benzene rings is 1. The number of hydrogen-bond donors (Lipinski definition) is 1. The van der Waals surface area contributed by atoms with Crippen molar-refractivity contribution in [2.75, 3.05) is 7.05 Å². The van der Waals surface area contributed by atoms with Gasteiger partial charge in [0.1, 0.15) is 5.76 Å². The molecule has 0 aliphatic heterocycles. The van der Waals surface area contributed by atoms with Crippen LogP contribution in [-0.4, -0.2) is 23.0 Å². The van der Waals surface area contributed by atoms with Crippen molar-refractivity contribution >= 4 is 17.6 Å². The number of halogens is 1. The molecule has 1 unspecified atom stereocenters. The van der Waals surface area contributed by atoms with Crippen LogP contribution in [0, 0.1) is 0 Å². The first-order chi connectivity index (χ1) is 9.49. The molecule has 0 amide bonds. The average Bonchev–Trinajstić information content (AvgIpc) is 2.90. The summed E-state index contributed by atoms with van der Waals surface area (Å²) in [6.07, 6.45) is 0. The van der Waals surface area contributed by atoms with Gasteiger partial charge in [-0.25, -0.2) is 4.79 Å². The molecule has 0 fully saturated rings. The van der Waals surface area contributed by atoms with Crippen LogP contribution in [0.1, 0.15) is 34.8 Å². The van der Waals surface area contributed by atoms with Crippen LogP contribution in [0.25, 0.3) is 0 Å². The van der Waals surface area contributed by atoms with E-state index in [-0.39, 0.29) is 11.8 Å². The minimum Gasteiger partial charge on any atom is -0.475 e. The Labute approximate surface area is 122 Å². The molecule has 0 saturated carbocycles. The molecule has 1 N–H and O–H groups in total. The Balaban J connectivity index is 2.10. The number of rotatable bonds is 5. The normalized spacial score (nSPS) is 12.6. The fourth-order valence-electron chi connectivity index (χ4n) is 1.94. The maximum atomic E-state index is 10.8. The van der Waals surface area contributed by atoms with Gasteiger partial charge in [-0.05, 0) is 37.7 Å². The maximum absolute atomic E-state index is 10.8. The van der Waals surface area contributed by atoms with Crippen LogP contribution in [-0.2, 0) is 6.54 Å². The van der Waals surface area contributed by atoms with E-state index in [9.17, 15) is 4.79 Å². The van der Waals surface area contributed by atoms with Gasteiger partial charge in [-0.1, -0.05) is 29.8 Å². The lowest BCUT2D eigenvalue weighted by Gasteiger charge is -2.23. The number of carbonyl (C=O) groups is 1. The van der Waals surface area contributed by atoms with Crippen molar-refractivity contribution < 1.29 is 14.3 Å². The zero-order valence-electron chi connectivity index (χ0n) is 11.3. The second-order valence-corrected chi connectivity index (χ2v) is 5.10. The molecule has 0 aliphatic carbocycles. The lowest BCUT2D eigenvalue weighted by Crippen LogP contribution is -2.21. The summed E-state index contributed by atoms with van der Waals surface area (Å²) in [4.78, 5) is 12.9. The minimum absolute atomic E-state index is 0.0422. The highest BCUT2D eigenvalue weighted by Gasteiger charge is 2.18. The lowest BCUT2D eigenvalue weighted by atomic mass is 10.1. The predicted octanol–water partition coefficient (Wildman–Crippen LogP) is 3.82. The largest absolute Gasteiger partial charge is 0.475 e. The minimum atomic E-state index is -1.06. The molecular formula is C15H16ClNO3. The van der Waals surface area contributed by atoms with Crippen molar-refractivity contribution in [3.05, 3.63) is 58.5 Å². The van der Waals surface area contributed by atoms with Gasteiger partial charge in [-0.15, -0.1) is 0 Å². The summed E-state index contributed by atoms with van der Waals surface area (Å²) in [7, 11) is 1.94. The molecule has 0 aliphatic rings. The summed E-state index contributed by atoms with van der Waals surface area (Å²) in [5.41, 5.74) is 1.02. The molecule has 4 nitrogen and oxygen atoms in total. The Morgan fingerprint density at radius 3 is 2.65 bits per heavy atom. The second-order valence-electron chi connectivity index (χ2n) is 4.69. The first kappa shape index (κ1) is 14.6. The van der Waals surface area contributed by atoms with Gasteiger partial charge in [0.05, 0.1) is 6.04 Å². The maximum Gasteiger partial charge on any atom is 0.371 e. The Morgan fingerprint density at radius 2 is 2.05 bits per heavy atom. The van der Waals surface area contributed by atoms with Gasteiger partial charge in [0.25, 0.3) is 0 Å². The molecule has 1 atom stereocenters. The van der Waals surface area contributed by atoms with E-state index in [4.69, 9.17) is 21.1 Å². The lowest BCUT2D eigenvalue weighted by molar-refractivity contribution is 0.0656. The molecule has 0 spiro atoms. The Kier molecular flexibility index (Phi) is 4.47. The molecule has 0 saturated heterocycles. The number of hydrogen-bond acceptors (Lipinski definition) is 3. The molecule has 0 bridgehead atoms. The van der Waals surface area contributed by atoms with Gasteiger partial charge >= 0.3 is 5.97 Å². The monoisotopic (exact) mass is 293 g/mol. The van der Waals surface area contributed by atoms with E-state index in [1.54, 1.807) is 6.07 Å². The third-order valence-corrected chi connectivity index (χ3v) is 3.66. The van der Waals surface area contributed by atoms with Crippen molar-refractivity contribution in [3.63, 3.8) is 0 Å². The fraction of sp³-hybridized carbons (Fsp3) is 0.267. The van der Waals surface area contributed by atoms with Gasteiger partial charge in [0.15, 0.2) is 0 Å². The molecule has 2 rings (SSSR count). The molecule has 106 valence electrons. The van der Waals surface area contributed by atoms with Crippen molar-refractivity contribution in [2.24, 2.45) is 0 Å². The Hall–Kier alpha value is -1.78. The van der Waals surface area contributed by atoms with Crippen LogP contribution in [0.15, 0.2) is 40.8 Å². The van der Waals surface area contributed by atoms with E-state index in [0.717, 1.165) is 10.6 Å². The van der Waals surface area contributed by atoms with Crippen LogP contribution >= 0.6 is 11.6 Å². The predicted molar refractivity (Wildman–Crippen MR) is 77.0 cm³/mol. The molecule has 1 aromatic heterocycles. The number of furan rings is 1. The number of carboxylic acids is 1. The van der Waals surface area contributed by atoms with Crippen LogP contribution in [0.2, 0.25) is 5.02 Å². The third kappa shape index (κ3) is 3.21. The summed E-state index contributed by atoms with van der Waals surface area (Å²) in [5, 5.41) is 9.58. The van der Waals surface area contributed by atoms with E-state index in [1.165, 1.54) is 6.07 Å². The second kappa shape index (κ2) is 6.11. The van der Waals surface area contributed by atoms with Gasteiger partial charge in [-0.3, -0.25) is 4.90 Å². The first-order valence-corrected chi connectivity index (χ1v) is 6.63. The van der Waals surface area contributed by atoms with E-state index in [0.29, 0.717) is 12.3 Å². The number of carboxylic acid groups (broad SMARTS) is 1. The first-order valence-electron chi connectivity index (χ1n) is 6.25. The van der Waals surface area contributed by atoms with E-state index >= 15 is 0 Å². The van der Waals surface area contributed by atoms with Gasteiger partial charge in [0.2, 0.25) is 5.76 Å². The third-order valence-electron chi connectivity index (χ3n) is 3.29. The van der Waals surface area contributed by atoms with Crippen molar-refractivity contribution in [3.8, 4) is 0 Å². The summed E-state index contributed by atoms with van der Waals surface area (Å²) < 4.78 is 5.32. The summed E-state index contributed by atoms with van der Waals surface area (Å²) >= 11 is 6.14. The molecule has 20 heavy (non-hydrogen) atoms. The fourth-order valence-corrected chi connectivity index (χ4v) is 2.14. The zero-order valence-corrected chi connectivity index (χ0v) is 12.1. The Morgan fingerprint density at radius 1 is 1.35 bits per heavy atom. The summed E-state index contributed by atoms with van der Waals surface area (Å²) in [5.74, 6) is -0.479. The van der Waals surface area contributed by atoms with Crippen LogP contribution in [0.5, 0.6) is 0 Å². The quantitative estimate of drug-likeness (QED) is 0.910. The number of nitrogens with zero attached hydrogens (tertiary/aromatic N) is 1. The van der Waals surface area contributed by atoms with Crippen molar-refractivity contribution in [1.29, 1.82) is 0 Å². The van der Waals surface area contributed by atoms with Gasteiger partial charge in [0, 0.05) is 11.6 Å². The van der Waals surface area contributed by atoms with Gasteiger partial charge < -0.3 is 9.52 Å². The molecule has 2 aromatic rings. The molecule has 0 radical (unpaired) electrons. The summed E-state index contributed by atoms with van der Waals surface area (Å²) in [6, 6.07) is 10.8. The molecule has 5 heteroatoms. The van der Waals surface area contributed by atoms with E-state index < -0.39 is 5.97 Å². The highest BCUT2D eigenvalue weighted by molar-refractivity contribution is 6.31. The standard InChI is InChI=1S/C15H16ClNO3/c1-10(13-7-8-14(20-13)15(18)19)17(2)9-11-5-3-4-6-12(11)16/h3-8,10H,9H2,1-2H3,(H,18,19). The summed E-state index contributed by atoms with van der Waals surface area (Å²) in [6.45, 7) is 2.62. The van der Waals surface area contributed by atoms with Crippen molar-refractivity contribution in [1.82, 2.24) is 4.90 Å². The molecule has 1 heterocycles. The van der Waals surface area contributed by atoms with Gasteiger partial charge in [-0.2, -0.15) is 0 Å². The van der Waals surface area contributed by atoms with Crippen LogP contribution in [0.4, 0.5) is 0 Å². The highest BCUT2D eigenvalue weighted by atomic mass is 35.5. The number of aromatic carboxylic acids is 1. The highest BCUT2D eigenvalue weighted by Crippen LogP contribution is 2.25. The molecule has 1 aromatic carbocycles. The Bertz CT molecular complexity index is 609. The smallest absolute Gasteiger partial charge is 0.371 e. The van der Waals surface area contributed by atoms with E-state index in [1.807, 2.05) is 43.1 Å². The SMILES string of the molecule is CC(c1ccc(C(=O)O)o1)N(C)Cc1ccccc1Cl. The van der Waals surface area contributed by atoms with Crippen molar-refractivity contribution in [2.45, 2.75) is 19.5 Å². The topological polar surface area (TPSA) is 53.7 Å². The zero-order chi connectivity index (χ0) is 14.7. The van der Waals surface area contributed by atoms with E-state index in [2.05, 4.69) is 0 Å². The molecular weight excluding hydrogens is 278 g/mol.